The van der Waals surface area contributed by atoms with E-state index in [1.165, 1.54) is 231 Å². The molecule has 0 aromatic carbocycles. The van der Waals surface area contributed by atoms with Crippen LogP contribution in [-0.2, 0) is 47.2 Å². The molecule has 4 amide bonds. The molecule has 448 valence electrons. The Hall–Kier alpha value is -3.26. The van der Waals surface area contributed by atoms with E-state index in [9.17, 15) is 27.6 Å². The van der Waals surface area contributed by atoms with Crippen molar-refractivity contribution in [2.45, 2.75) is 275 Å². The van der Waals surface area contributed by atoms with E-state index in [1.807, 2.05) is 0 Å². The van der Waals surface area contributed by atoms with Gasteiger partial charge in [0.05, 0.1) is 45.0 Å². The van der Waals surface area contributed by atoms with Crippen LogP contribution in [0.3, 0.4) is 0 Å². The van der Waals surface area contributed by atoms with Crippen molar-refractivity contribution in [3.63, 3.8) is 0 Å². The van der Waals surface area contributed by atoms with Crippen molar-refractivity contribution in [2.24, 2.45) is 35.5 Å². The molecule has 5 saturated carbocycles. The Morgan fingerprint density at radius 2 is 0.671 bits per heavy atom. The van der Waals surface area contributed by atoms with Crippen LogP contribution in [0.2, 0.25) is 0 Å². The van der Waals surface area contributed by atoms with Crippen LogP contribution in [0.1, 0.15) is 250 Å². The first-order chi connectivity index (χ1) is 38.1. The fourth-order valence-electron chi connectivity index (χ4n) is 12.9. The molecule has 20 heteroatoms. The molecular weight excluding hydrogens is 1090 g/mol. The highest BCUT2D eigenvalue weighted by molar-refractivity contribution is 8.10. The van der Waals surface area contributed by atoms with E-state index in [4.69, 9.17) is 18.7 Å². The Morgan fingerprint density at radius 3 is 0.937 bits per heavy atom. The summed E-state index contributed by atoms with van der Waals surface area (Å²) in [5.74, 6) is 4.46. The number of β-lactam (4-membered cyclic amide) rings is 4. The lowest BCUT2D eigenvalue weighted by molar-refractivity contribution is -0.138. The number of nitrogens with zero attached hydrogens (tertiary/aromatic N) is 2. The molecule has 0 radical (unpaired) electrons. The Bertz CT molecular complexity index is 2210. The average molecular weight is 1190 g/mol. The predicted octanol–water partition coefficient (Wildman–Crippen LogP) is 12.0. The summed E-state index contributed by atoms with van der Waals surface area (Å²) in [6, 6.07) is 2.23. The van der Waals surface area contributed by atoms with Crippen LogP contribution in [0, 0.1) is 35.5 Å². The summed E-state index contributed by atoms with van der Waals surface area (Å²) in [5, 5.41) is 11.9. The summed E-state index contributed by atoms with van der Waals surface area (Å²) in [6.45, 7) is 0. The topological polar surface area (TPSA) is 253 Å². The number of hydrogen-bond acceptors (Lipinski definition) is 8. The van der Waals surface area contributed by atoms with Gasteiger partial charge in [0.2, 0.25) is 23.6 Å². The van der Waals surface area contributed by atoms with Gasteiger partial charge >= 0.3 is 30.6 Å². The fourth-order valence-corrected chi connectivity index (χ4v) is 13.3. The van der Waals surface area contributed by atoms with Crippen molar-refractivity contribution in [1.29, 1.82) is 0 Å². The highest BCUT2D eigenvalue weighted by atomic mass is 35.7. The minimum absolute atomic E-state index is 0.291. The quantitative estimate of drug-likeness (QED) is 0.0334. The molecular formula is C59H98Cl2N6O10S2+2. The summed E-state index contributed by atoms with van der Waals surface area (Å²) in [7, 11) is 1.47. The van der Waals surface area contributed by atoms with E-state index < -0.39 is 18.4 Å². The third-order valence-electron chi connectivity index (χ3n) is 17.4. The van der Waals surface area contributed by atoms with Gasteiger partial charge in [-0.2, -0.15) is 0 Å². The number of halogens is 2. The molecule has 16 nitrogen and oxygen atoms in total. The van der Waals surface area contributed by atoms with Crippen molar-refractivity contribution in [1.82, 2.24) is 29.3 Å². The molecule has 11 rings (SSSR count). The third-order valence-corrected chi connectivity index (χ3v) is 18.4. The van der Waals surface area contributed by atoms with Crippen molar-refractivity contribution in [3.8, 4) is 0 Å². The second kappa shape index (κ2) is 39.3. The first kappa shape index (κ1) is 68.2. The van der Waals surface area contributed by atoms with Crippen molar-refractivity contribution in [2.75, 3.05) is 0 Å². The number of isocyanates is 2. The maximum absolute atomic E-state index is 11.4. The van der Waals surface area contributed by atoms with Crippen molar-refractivity contribution < 1.29 is 46.3 Å². The van der Waals surface area contributed by atoms with Crippen LogP contribution in [0.5, 0.6) is 0 Å². The molecule has 6 unspecified atom stereocenters. The number of fused-ring (bicyclic) bond motifs is 8. The fraction of sp³-hybridized carbons (Fsp3) is 0.831. The summed E-state index contributed by atoms with van der Waals surface area (Å²) in [5.41, 5.74) is 0. The van der Waals surface area contributed by atoms with Gasteiger partial charge in [-0.1, -0.05) is 166 Å². The number of rotatable bonds is 0. The lowest BCUT2D eigenvalue weighted by Gasteiger charge is -2.40. The van der Waals surface area contributed by atoms with E-state index in [2.05, 4.69) is 75.0 Å². The molecule has 0 aromatic heterocycles. The van der Waals surface area contributed by atoms with Crippen LogP contribution in [-0.4, -0.2) is 77.5 Å². The molecule has 2 bridgehead atoms. The van der Waals surface area contributed by atoms with Crippen LogP contribution >= 0.6 is 21.4 Å². The van der Waals surface area contributed by atoms with Crippen molar-refractivity contribution >= 4 is 75.6 Å². The molecule has 4 saturated heterocycles. The van der Waals surface area contributed by atoms with E-state index >= 15 is 0 Å². The van der Waals surface area contributed by atoms with Gasteiger partial charge in [-0.3, -0.25) is 19.2 Å². The zero-order valence-corrected chi connectivity index (χ0v) is 50.4. The third kappa shape index (κ3) is 28.0. The number of amides is 4. The Labute approximate surface area is 483 Å². The first-order valence-corrected chi connectivity index (χ1v) is 35.3. The maximum Gasteiger partial charge on any atom is 0.587 e. The van der Waals surface area contributed by atoms with E-state index in [0.717, 1.165) is 43.3 Å². The minimum atomic E-state index is -3.75. The Morgan fingerprint density at radius 1 is 0.392 bits per heavy atom. The number of allylic oxidation sites excluding steroid dienone is 4. The number of carbonyl (C=O) groups is 4. The largest absolute Gasteiger partial charge is 0.587 e. The van der Waals surface area contributed by atoms with Gasteiger partial charge in [0.25, 0.3) is 0 Å². The number of carbonyl (C=O) groups excluding carboxylic acids is 6. The molecule has 79 heavy (non-hydrogen) atoms. The molecule has 4 heterocycles. The Kier molecular flexibility index (Phi) is 33.9. The molecule has 11 aliphatic rings. The standard InChI is InChI=1S/C13H23NO.C12H22.C9H15NO.C8H11NO.C8H14.C7H11NO.2CClNO3S/c15-13-11-9-7-5-3-1-2-4-6-8-10-12(11)14-13;1-2-4-6-8-10-12-11-9-7-5-3-1;11-9-7-5-3-1-2-4-6-8(7)10-9;10-8-6-4-1-2-5(3-4)7(6)9-8;1-2-4-6-8-7-5-3-1;9-7-5-3-1-2-4-6(5)8-7;2*2-7(5,6)3-1-4/h11-12H,1-10H2,(H,14,15);1-2H,3-12H2;7-8H,1-6H2,(H,10,11);4-7H,1-3H2,(H,9,10);1-2H,3-8H2;5-6H,1-4H2,(H,8,9);;/p+2/t11-,12+;;7-,8+;4-,5+,6?,7?;;;;/m1.10..../s1. The average Bonchev–Trinajstić information content (AvgIpc) is 3.95. The van der Waals surface area contributed by atoms with Crippen LogP contribution in [0.4, 0.5) is 0 Å². The van der Waals surface area contributed by atoms with Gasteiger partial charge in [0.15, 0.2) is 0 Å². The minimum Gasteiger partial charge on any atom is -0.352 e. The normalized spacial score (nSPS) is 31.9. The zero-order valence-electron chi connectivity index (χ0n) is 47.3. The second-order valence-corrected chi connectivity index (χ2v) is 27.8. The van der Waals surface area contributed by atoms with Gasteiger partial charge in [0, 0.05) is 24.2 Å². The molecule has 0 aromatic rings. The van der Waals surface area contributed by atoms with Crippen LogP contribution in [0.25, 0.3) is 0 Å². The zero-order chi connectivity index (χ0) is 57.1. The lowest BCUT2D eigenvalue weighted by Crippen LogP contribution is -2.60. The summed E-state index contributed by atoms with van der Waals surface area (Å²) in [4.78, 5) is 62.3. The summed E-state index contributed by atoms with van der Waals surface area (Å²) >= 11 is 0. The molecule has 0 spiro atoms. The van der Waals surface area contributed by atoms with Gasteiger partial charge in [0.1, 0.15) is 8.08 Å². The molecule has 6 N–H and O–H groups in total. The predicted molar refractivity (Wildman–Crippen MR) is 316 cm³/mol. The van der Waals surface area contributed by atoms with Crippen molar-refractivity contribution in [3.05, 3.63) is 24.3 Å². The lowest BCUT2D eigenvalue weighted by atomic mass is 9.78. The summed E-state index contributed by atoms with van der Waals surface area (Å²) in [6.07, 6.45) is 63.4. The van der Waals surface area contributed by atoms with Crippen LogP contribution < -0.4 is 29.3 Å². The maximum atomic E-state index is 11.4. The highest BCUT2D eigenvalue weighted by Gasteiger charge is 2.57. The monoisotopic (exact) mass is 1180 g/mol. The number of nitrogens with one attached hydrogen (secondary N) is 4. The smallest absolute Gasteiger partial charge is 0.352 e. The van der Waals surface area contributed by atoms with E-state index in [-0.39, 0.29) is 0 Å². The van der Waals surface area contributed by atoms with Gasteiger partial charge < -0.3 is 21.3 Å². The van der Waals surface area contributed by atoms with Gasteiger partial charge in [-0.15, -0.1) is 18.0 Å². The van der Waals surface area contributed by atoms with E-state index in [1.54, 1.807) is 0 Å². The van der Waals surface area contributed by atoms with E-state index in [0.29, 0.717) is 71.5 Å². The van der Waals surface area contributed by atoms with Gasteiger partial charge in [-0.05, 0) is 121 Å². The number of hydrogen-bond donors (Lipinski definition) is 6. The van der Waals surface area contributed by atoms with Gasteiger partial charge in [-0.25, -0.2) is 9.11 Å². The molecule has 9 fully saturated rings. The molecule has 4 aliphatic heterocycles. The molecule has 7 aliphatic carbocycles. The SMILES string of the molecule is C1=CCCCCCC1.C1=CCCCCCCCCCC1.O=C1NC2C1[C@H]1CC[C@@H]2C1.O=C1NC2CCCCC12.O=C1N[C@H]2CCCCCCCCCC[C@@H]12.O=C1N[C@H]2CCCCCC[C@@H]12.O=C=[N+]=S(=O)(O)Cl.O=C=[N+]=S(=O)(O)Cl. The first-order valence-electron chi connectivity index (χ1n) is 30.7. The summed E-state index contributed by atoms with van der Waals surface area (Å²) < 4.78 is 39.7. The van der Waals surface area contributed by atoms with Crippen LogP contribution in [0.15, 0.2) is 24.3 Å². The highest BCUT2D eigenvalue weighted by Crippen LogP contribution is 2.52. The molecule has 12 atom stereocenters. The second-order valence-electron chi connectivity index (χ2n) is 23.3. The Balaban J connectivity index is 0.000000197.